The second-order valence-electron chi connectivity index (χ2n) is 40.5. The number of fused-ring (bicyclic) bond motifs is 14. The maximum atomic E-state index is 9.53. The predicted octanol–water partition coefficient (Wildman–Crippen LogP) is 38.9. The topological polar surface area (TPSA) is 66.2 Å². The molecule has 146 heavy (non-hydrogen) atoms. The predicted molar refractivity (Wildman–Crippen MR) is 629 cm³/mol. The minimum Gasteiger partial charge on any atom is -0.423 e. The highest BCUT2D eigenvalue weighted by Gasteiger charge is 2.44. The van der Waals surface area contributed by atoms with E-state index in [9.17, 15) is 10.0 Å². The number of hydrogen-bond acceptors (Lipinski definition) is 4. The van der Waals surface area contributed by atoms with Crippen LogP contribution < -0.4 is 5.46 Å². The minimum atomic E-state index is -1.47. The van der Waals surface area contributed by atoms with Gasteiger partial charge in [-0.3, -0.25) is 0 Å². The Labute approximate surface area is 869 Å². The van der Waals surface area contributed by atoms with Gasteiger partial charge >= 0.3 is 7.12 Å². The third-order valence-electron chi connectivity index (χ3n) is 31.7. The lowest BCUT2D eigenvalue weighted by atomic mass is 9.70. The van der Waals surface area contributed by atoms with E-state index in [1.54, 1.807) is 17.7 Å². The highest BCUT2D eigenvalue weighted by atomic mass is 79.9. The summed E-state index contributed by atoms with van der Waals surface area (Å²) in [5.41, 5.74) is 35.7. The normalized spacial score (nSPS) is 12.6. The van der Waals surface area contributed by atoms with Gasteiger partial charge in [0.15, 0.2) is 0 Å². The van der Waals surface area contributed by atoms with E-state index in [2.05, 4.69) is 444 Å². The lowest BCUT2D eigenvalue weighted by molar-refractivity contribution is 0.401. The Kier molecular flexibility index (Phi) is 28.5. The fraction of sp³-hybridized carbons (Fsp3) is 0.186. The maximum Gasteiger partial charge on any atom is 0.488 e. The van der Waals surface area contributed by atoms with Crippen molar-refractivity contribution in [2.45, 2.75) is 167 Å². The Morgan fingerprint density at radius 3 is 0.904 bits per heavy atom. The average molecular weight is 1960 g/mol. The van der Waals surface area contributed by atoms with Crippen LogP contribution in [0.25, 0.3) is 209 Å². The van der Waals surface area contributed by atoms with Crippen LogP contribution in [0.3, 0.4) is 0 Å². The van der Waals surface area contributed by atoms with Gasteiger partial charge in [0.2, 0.25) is 0 Å². The van der Waals surface area contributed by atoms with E-state index in [0.717, 1.165) is 54.5 Å². The third kappa shape index (κ3) is 18.5. The number of halogens is 1. The zero-order valence-electron chi connectivity index (χ0n) is 84.3. The Hall–Kier alpha value is -14.8. The van der Waals surface area contributed by atoms with E-state index < -0.39 is 7.12 Å². The number of nitrogens with zero attached hydrogens (tertiary/aromatic N) is 2. The molecule has 2 N–H and O–H groups in total. The van der Waals surface area contributed by atoms with Crippen LogP contribution >= 0.6 is 15.9 Å². The summed E-state index contributed by atoms with van der Waals surface area (Å²) in [5.74, 6) is 0. The van der Waals surface area contributed by atoms with Gasteiger partial charge in [-0.15, -0.1) is 0 Å². The summed E-state index contributed by atoms with van der Waals surface area (Å²) in [4.78, 5) is 11.0. The van der Waals surface area contributed by atoms with Crippen molar-refractivity contribution in [3.8, 4) is 123 Å². The molecule has 0 fully saturated rings. The molecule has 20 aromatic carbocycles. The minimum absolute atomic E-state index is 0.00231. The maximum absolute atomic E-state index is 9.53. The van der Waals surface area contributed by atoms with Crippen LogP contribution in [-0.4, -0.2) is 27.1 Å². The quantitative estimate of drug-likeness (QED) is 0.0267. The third-order valence-corrected chi connectivity index (χ3v) is 32.4. The molecular weight excluding hydrogens is 1830 g/mol. The SMILES string of the molecule is CCCCCCC1(CCCCCC)c2ccccc2-c2ccc(-c3cc(-c4ccccc4)c4cccc(-c5ccc(-c6c7ccccc7c(-c7cccc8ccccc78)c7ccccc67)cc5)c4n3)cc21.CCCCCCC1(CCCCCC)c2ccccc2-c2ccc(-c3cc(-c4ccccc4)c4cccc(Br)c4n3)cc21.OB(O)c1ccc(-c2c3ccccc3c(-c3cccc4ccccc34)c3ccccc23)cc1. The summed E-state index contributed by atoms with van der Waals surface area (Å²) in [6, 6.07) is 155. The van der Waals surface area contributed by atoms with Crippen LogP contribution in [0.4, 0.5) is 0 Å². The summed E-state index contributed by atoms with van der Waals surface area (Å²) < 4.78 is 1.04. The van der Waals surface area contributed by atoms with Gasteiger partial charge in [-0.25, -0.2) is 9.97 Å². The van der Waals surface area contributed by atoms with Crippen LogP contribution in [-0.2, 0) is 10.8 Å². The Bertz CT molecular complexity index is 8390. The summed E-state index contributed by atoms with van der Waals surface area (Å²) in [5, 5.41) is 36.2. The van der Waals surface area contributed by atoms with Crippen molar-refractivity contribution >= 4 is 115 Å². The van der Waals surface area contributed by atoms with Gasteiger partial charge in [-0.1, -0.05) is 525 Å². The molecule has 0 radical (unpaired) electrons. The van der Waals surface area contributed by atoms with Gasteiger partial charge in [-0.2, -0.15) is 0 Å². The largest absolute Gasteiger partial charge is 0.488 e. The lowest BCUT2D eigenvalue weighted by Gasteiger charge is -2.33. The van der Waals surface area contributed by atoms with E-state index in [-0.39, 0.29) is 10.8 Å². The molecule has 0 aliphatic heterocycles. The van der Waals surface area contributed by atoms with Gasteiger partial charge in [0.25, 0.3) is 0 Å². The molecule has 22 aromatic rings. The molecule has 0 atom stereocenters. The van der Waals surface area contributed by atoms with Crippen molar-refractivity contribution in [2.75, 3.05) is 0 Å². The fourth-order valence-electron chi connectivity index (χ4n) is 24.7. The number of unbranched alkanes of at least 4 members (excludes halogenated alkanes) is 12. The van der Waals surface area contributed by atoms with E-state index in [4.69, 9.17) is 9.97 Å². The van der Waals surface area contributed by atoms with Gasteiger partial charge in [0.05, 0.1) is 22.4 Å². The monoisotopic (exact) mass is 1950 g/mol. The highest BCUT2D eigenvalue weighted by molar-refractivity contribution is 9.10. The molecule has 0 saturated heterocycles. The Morgan fingerprint density at radius 1 is 0.212 bits per heavy atom. The molecule has 716 valence electrons. The number of benzene rings is 20. The number of pyridine rings is 2. The average Bonchev–Trinajstić information content (AvgIpc) is 1.10. The van der Waals surface area contributed by atoms with Crippen molar-refractivity contribution in [3.63, 3.8) is 0 Å². The zero-order chi connectivity index (χ0) is 99.0. The summed E-state index contributed by atoms with van der Waals surface area (Å²) >= 11 is 3.82. The zero-order valence-corrected chi connectivity index (χ0v) is 85.9. The highest BCUT2D eigenvalue weighted by Crippen LogP contribution is 2.59. The van der Waals surface area contributed by atoms with Crippen LogP contribution in [0.2, 0.25) is 0 Å². The number of para-hydroxylation sites is 2. The van der Waals surface area contributed by atoms with Crippen molar-refractivity contribution in [2.24, 2.45) is 0 Å². The lowest BCUT2D eigenvalue weighted by Crippen LogP contribution is -2.29. The first kappa shape index (κ1) is 96.1. The van der Waals surface area contributed by atoms with Crippen LogP contribution in [0.5, 0.6) is 0 Å². The molecule has 6 heteroatoms. The molecule has 24 rings (SSSR count). The molecule has 0 saturated carbocycles. The van der Waals surface area contributed by atoms with Crippen molar-refractivity contribution < 1.29 is 10.0 Å². The Balaban J connectivity index is 0.000000137. The summed E-state index contributed by atoms with van der Waals surface area (Å²) in [7, 11) is -1.47. The van der Waals surface area contributed by atoms with Gasteiger partial charge in [-0.05, 0) is 259 Å². The molecule has 2 heterocycles. The molecule has 0 unspecified atom stereocenters. The molecular formula is C140H124BBrN2O2. The number of hydrogen-bond donors (Lipinski definition) is 2. The molecule has 2 aliphatic carbocycles. The summed E-state index contributed by atoms with van der Waals surface area (Å²) in [6.07, 6.45) is 25.3. The smallest absolute Gasteiger partial charge is 0.423 e. The van der Waals surface area contributed by atoms with Gasteiger partial charge in [0, 0.05) is 42.8 Å². The standard InChI is InChI=1S/C70H61N.C40H42BrN.C30H21BO2/c1-3-5-7-20-44-70(45-21-8-6-4-2)64-37-19-18-29-55(64)56-43-42-52(46-65(56)70)66-47-63(49-24-10-9-11-25-49)62-36-23-34-54(69(62)71-66)50-38-40-51(41-39-50)67-58-30-14-16-32-60(58)68(61-33-17-15-31-59(61)67)57-35-22-27-48-26-12-13-28-53(48)57;1-3-5-7-14-25-40(26-15-8-6-4-2)35-21-13-12-19-31(35)32-24-23-30(27-36(32)40)38-28-34(29-17-10-9-11-18-29)33-20-16-22-37(41)39(33)42-38;32-31(33)22-18-16-21(17-19-22)29-25-11-3-5-13-27(25)30(28-14-6-4-12-26(28)29)24-15-7-9-20-8-1-2-10-23(20)24/h9-19,22-43,46-47H,3-8,20-21,44-45H2,1-2H3;9-13,16-24,27-28H,3-8,14-15,25-26H2,1-2H3;1-19,32-33H. The van der Waals surface area contributed by atoms with Gasteiger partial charge < -0.3 is 10.0 Å². The van der Waals surface area contributed by atoms with Crippen molar-refractivity contribution in [3.05, 3.63) is 451 Å². The molecule has 0 spiro atoms. The second kappa shape index (κ2) is 43.3. The second-order valence-corrected chi connectivity index (χ2v) is 41.4. The Morgan fingerprint density at radius 2 is 0.500 bits per heavy atom. The molecule has 2 aromatic heterocycles. The van der Waals surface area contributed by atoms with E-state index in [1.807, 2.05) is 12.1 Å². The van der Waals surface area contributed by atoms with Gasteiger partial charge in [0.1, 0.15) is 0 Å². The van der Waals surface area contributed by atoms with Crippen LogP contribution in [0, 0.1) is 0 Å². The first-order chi connectivity index (χ1) is 72.0. The fourth-order valence-corrected chi connectivity index (χ4v) is 25.1. The van der Waals surface area contributed by atoms with Crippen molar-refractivity contribution in [1.82, 2.24) is 9.97 Å². The summed E-state index contributed by atoms with van der Waals surface area (Å²) in [6.45, 7) is 9.27. The number of rotatable bonds is 30. The van der Waals surface area contributed by atoms with Crippen LogP contribution in [0.15, 0.2) is 429 Å². The van der Waals surface area contributed by atoms with Crippen molar-refractivity contribution in [1.29, 1.82) is 0 Å². The van der Waals surface area contributed by atoms with E-state index in [1.165, 1.54) is 304 Å². The number of aromatic nitrogens is 2. The first-order valence-corrected chi connectivity index (χ1v) is 54.4. The molecule has 0 bridgehead atoms. The van der Waals surface area contributed by atoms with E-state index >= 15 is 0 Å². The van der Waals surface area contributed by atoms with E-state index in [0.29, 0.717) is 5.46 Å². The molecule has 2 aliphatic rings. The van der Waals surface area contributed by atoms with Crippen LogP contribution in [0.1, 0.15) is 178 Å². The molecule has 4 nitrogen and oxygen atoms in total. The molecule has 0 amide bonds. The first-order valence-electron chi connectivity index (χ1n) is 53.6.